The summed E-state index contributed by atoms with van der Waals surface area (Å²) in [6, 6.07) is 24.8. The van der Waals surface area contributed by atoms with Gasteiger partial charge in [-0.05, 0) is 48.9 Å². The van der Waals surface area contributed by atoms with Crippen LogP contribution in [0.4, 0.5) is 5.69 Å². The lowest BCUT2D eigenvalue weighted by atomic mass is 9.98. The highest BCUT2D eigenvalue weighted by atomic mass is 35.5. The van der Waals surface area contributed by atoms with Gasteiger partial charge in [0.2, 0.25) is 5.91 Å². The molecule has 0 aliphatic rings. The van der Waals surface area contributed by atoms with Crippen LogP contribution in [0.2, 0.25) is 5.02 Å². The van der Waals surface area contributed by atoms with E-state index in [-0.39, 0.29) is 12.3 Å². The Morgan fingerprint density at radius 2 is 1.82 bits per heavy atom. The largest absolute Gasteiger partial charge is 0.497 e. The molecule has 1 N–H and O–H groups in total. The molecule has 0 fully saturated rings. The molecule has 6 nitrogen and oxygen atoms in total. The van der Waals surface area contributed by atoms with Crippen LogP contribution in [0.3, 0.4) is 0 Å². The maximum absolute atomic E-state index is 12.7. The Kier molecular flexibility index (Phi) is 8.90. The molecular formula is C30H26ClN3O3S. The molecule has 1 amide bonds. The molecule has 1 heterocycles. The fourth-order valence-corrected chi connectivity index (χ4v) is 5.04. The topological polar surface area (TPSA) is 84.2 Å². The predicted molar refractivity (Wildman–Crippen MR) is 153 cm³/mol. The third-order valence-electron chi connectivity index (χ3n) is 5.97. The first-order chi connectivity index (χ1) is 18.4. The number of rotatable bonds is 9. The van der Waals surface area contributed by atoms with Crippen LogP contribution in [0.1, 0.15) is 17.5 Å². The van der Waals surface area contributed by atoms with Crippen molar-refractivity contribution in [2.75, 3.05) is 25.3 Å². The van der Waals surface area contributed by atoms with Gasteiger partial charge in [0.15, 0.2) is 0 Å². The summed E-state index contributed by atoms with van der Waals surface area (Å²) in [4.78, 5) is 17.5. The summed E-state index contributed by atoms with van der Waals surface area (Å²) in [6.45, 7) is 1.86. The maximum Gasteiger partial charge on any atom is 0.225 e. The molecule has 0 aliphatic carbocycles. The first-order valence-electron chi connectivity index (χ1n) is 11.9. The number of halogens is 1. The van der Waals surface area contributed by atoms with Crippen LogP contribution in [-0.2, 0) is 4.79 Å². The number of hydrogen-bond acceptors (Lipinski definition) is 6. The van der Waals surface area contributed by atoms with E-state index in [1.807, 2.05) is 67.6 Å². The second kappa shape index (κ2) is 12.5. The zero-order chi connectivity index (χ0) is 27.1. The molecule has 0 saturated heterocycles. The molecule has 1 aromatic heterocycles. The molecule has 0 spiro atoms. The minimum absolute atomic E-state index is 0.143. The Labute approximate surface area is 231 Å². The summed E-state index contributed by atoms with van der Waals surface area (Å²) in [7, 11) is 3.18. The van der Waals surface area contributed by atoms with Crippen molar-refractivity contribution in [3.63, 3.8) is 0 Å². The van der Waals surface area contributed by atoms with Gasteiger partial charge in [-0.2, -0.15) is 5.26 Å². The molecule has 192 valence electrons. The van der Waals surface area contributed by atoms with Gasteiger partial charge in [0, 0.05) is 39.6 Å². The molecular weight excluding hydrogens is 518 g/mol. The Bertz CT molecular complexity index is 1500. The first-order valence-corrected chi connectivity index (χ1v) is 13.2. The summed E-state index contributed by atoms with van der Waals surface area (Å²) >= 11 is 7.54. The number of hydrogen-bond donors (Lipinski definition) is 1. The van der Waals surface area contributed by atoms with Crippen LogP contribution in [0.15, 0.2) is 77.8 Å². The van der Waals surface area contributed by atoms with Crippen molar-refractivity contribution in [2.24, 2.45) is 0 Å². The van der Waals surface area contributed by atoms with E-state index >= 15 is 0 Å². The maximum atomic E-state index is 12.7. The number of carbonyl (C=O) groups is 1. The number of nitrogens with one attached hydrogen (secondary N) is 1. The summed E-state index contributed by atoms with van der Waals surface area (Å²) in [6.07, 6.45) is 0.233. The predicted octanol–water partition coefficient (Wildman–Crippen LogP) is 7.39. The number of carbonyl (C=O) groups excluding carboxylic acids is 1. The van der Waals surface area contributed by atoms with E-state index in [2.05, 4.69) is 11.4 Å². The molecule has 0 unspecified atom stereocenters. The number of nitrogens with zero attached hydrogens (tertiary/aromatic N) is 2. The number of pyridine rings is 1. The second-order valence-corrected chi connectivity index (χ2v) is 9.83. The number of amides is 1. The SMILES string of the molecule is COc1ccc(OC)c(-c2cc(-c3ccccc3)nc(SCCC(=O)Nc3cccc(Cl)c3C)c2C#N)c1. The van der Waals surface area contributed by atoms with Gasteiger partial charge in [-0.25, -0.2) is 4.98 Å². The van der Waals surface area contributed by atoms with Gasteiger partial charge in [0.1, 0.15) is 22.6 Å². The van der Waals surface area contributed by atoms with Gasteiger partial charge in [-0.15, -0.1) is 11.8 Å². The molecule has 0 bridgehead atoms. The number of aromatic nitrogens is 1. The number of thioether (sulfide) groups is 1. The summed E-state index contributed by atoms with van der Waals surface area (Å²) in [5.74, 6) is 1.54. The van der Waals surface area contributed by atoms with Crippen molar-refractivity contribution in [1.29, 1.82) is 5.26 Å². The molecule has 4 aromatic rings. The molecule has 3 aromatic carbocycles. The average Bonchev–Trinajstić information content (AvgIpc) is 2.95. The number of ether oxygens (including phenoxy) is 2. The molecule has 0 saturated carbocycles. The van der Waals surface area contributed by atoms with Gasteiger partial charge in [-0.1, -0.05) is 48.0 Å². The van der Waals surface area contributed by atoms with Crippen LogP contribution in [-0.4, -0.2) is 30.9 Å². The number of methoxy groups -OCH3 is 2. The number of anilines is 1. The van der Waals surface area contributed by atoms with E-state index in [1.165, 1.54) is 11.8 Å². The van der Waals surface area contributed by atoms with Crippen molar-refractivity contribution < 1.29 is 14.3 Å². The van der Waals surface area contributed by atoms with E-state index in [0.29, 0.717) is 49.8 Å². The second-order valence-electron chi connectivity index (χ2n) is 8.34. The van der Waals surface area contributed by atoms with E-state index in [1.54, 1.807) is 26.4 Å². The third kappa shape index (κ3) is 6.10. The summed E-state index contributed by atoms with van der Waals surface area (Å²) < 4.78 is 11.1. The smallest absolute Gasteiger partial charge is 0.225 e. The third-order valence-corrected chi connectivity index (χ3v) is 7.36. The highest BCUT2D eigenvalue weighted by Crippen LogP contribution is 2.40. The monoisotopic (exact) mass is 543 g/mol. The lowest BCUT2D eigenvalue weighted by Gasteiger charge is -2.16. The molecule has 8 heteroatoms. The molecule has 0 radical (unpaired) electrons. The van der Waals surface area contributed by atoms with E-state index in [0.717, 1.165) is 16.7 Å². The van der Waals surface area contributed by atoms with Gasteiger partial charge >= 0.3 is 0 Å². The van der Waals surface area contributed by atoms with Crippen molar-refractivity contribution in [3.05, 3.63) is 88.9 Å². The van der Waals surface area contributed by atoms with Crippen LogP contribution >= 0.6 is 23.4 Å². The summed E-state index contributed by atoms with van der Waals surface area (Å²) in [5.41, 5.74) is 4.94. The molecule has 0 atom stereocenters. The van der Waals surface area contributed by atoms with Crippen LogP contribution < -0.4 is 14.8 Å². The first kappa shape index (κ1) is 27.1. The Morgan fingerprint density at radius 3 is 2.53 bits per heavy atom. The van der Waals surface area contributed by atoms with Crippen LogP contribution in [0.5, 0.6) is 11.5 Å². The van der Waals surface area contributed by atoms with Crippen LogP contribution in [0.25, 0.3) is 22.4 Å². The Balaban J connectivity index is 1.68. The zero-order valence-corrected chi connectivity index (χ0v) is 22.8. The van der Waals surface area contributed by atoms with Crippen LogP contribution in [0, 0.1) is 18.3 Å². The fraction of sp³-hybridized carbons (Fsp3) is 0.167. The van der Waals surface area contributed by atoms with Gasteiger partial charge in [0.25, 0.3) is 0 Å². The van der Waals surface area contributed by atoms with Crippen molar-refractivity contribution in [3.8, 4) is 40.0 Å². The molecule has 38 heavy (non-hydrogen) atoms. The number of benzene rings is 3. The molecule has 4 rings (SSSR count). The lowest BCUT2D eigenvalue weighted by molar-refractivity contribution is -0.115. The van der Waals surface area contributed by atoms with Crippen molar-refractivity contribution in [2.45, 2.75) is 18.4 Å². The van der Waals surface area contributed by atoms with E-state index in [9.17, 15) is 10.1 Å². The lowest BCUT2D eigenvalue weighted by Crippen LogP contribution is -2.13. The van der Waals surface area contributed by atoms with E-state index in [4.69, 9.17) is 26.1 Å². The summed E-state index contributed by atoms with van der Waals surface area (Å²) in [5, 5.41) is 14.3. The van der Waals surface area contributed by atoms with Gasteiger partial charge in [-0.3, -0.25) is 4.79 Å². The van der Waals surface area contributed by atoms with Gasteiger partial charge in [0.05, 0.1) is 25.5 Å². The molecule has 0 aliphatic heterocycles. The number of nitriles is 1. The van der Waals surface area contributed by atoms with Gasteiger partial charge < -0.3 is 14.8 Å². The highest BCUT2D eigenvalue weighted by molar-refractivity contribution is 7.99. The Hall–Kier alpha value is -3.99. The normalized spacial score (nSPS) is 10.5. The van der Waals surface area contributed by atoms with Crippen molar-refractivity contribution >= 4 is 35.0 Å². The van der Waals surface area contributed by atoms with Crippen molar-refractivity contribution in [1.82, 2.24) is 4.98 Å². The minimum atomic E-state index is -0.143. The minimum Gasteiger partial charge on any atom is -0.497 e. The standard InChI is InChI=1S/C30H26ClN3O3S/c1-19-25(31)10-7-11-26(19)33-29(35)14-15-38-30-24(18-32)22(17-27(34-30)20-8-5-4-6-9-20)23-16-21(36-2)12-13-28(23)37-3/h4-13,16-17H,14-15H2,1-3H3,(H,33,35). The highest BCUT2D eigenvalue weighted by Gasteiger charge is 2.19. The Morgan fingerprint density at radius 1 is 1.03 bits per heavy atom. The van der Waals surface area contributed by atoms with E-state index < -0.39 is 0 Å². The fourth-order valence-electron chi connectivity index (χ4n) is 3.92. The average molecular weight is 544 g/mol. The quantitative estimate of drug-likeness (QED) is 0.222. The zero-order valence-electron chi connectivity index (χ0n) is 21.2.